The highest BCUT2D eigenvalue weighted by atomic mass is 19.1. The zero-order chi connectivity index (χ0) is 13.5. The molecule has 1 aliphatic rings. The predicted octanol–water partition coefficient (Wildman–Crippen LogP) is 4.28. The number of rotatable bonds is 2. The standard InChI is InChI=1S/C15H18F2O/c1-9-7-10(13(17)8-12(9)16)14(18)11-5-4-6-15(11,2)3/h7-8,11H,4-6H2,1-3H3. The lowest BCUT2D eigenvalue weighted by Crippen LogP contribution is -2.26. The van der Waals surface area contributed by atoms with Crippen LogP contribution in [0.25, 0.3) is 0 Å². The largest absolute Gasteiger partial charge is 0.294 e. The summed E-state index contributed by atoms with van der Waals surface area (Å²) >= 11 is 0. The predicted molar refractivity (Wildman–Crippen MR) is 66.5 cm³/mol. The maximum atomic E-state index is 13.7. The van der Waals surface area contributed by atoms with Crippen molar-refractivity contribution in [1.82, 2.24) is 0 Å². The Kier molecular flexibility index (Phi) is 3.26. The third-order valence-electron chi connectivity index (χ3n) is 4.09. The summed E-state index contributed by atoms with van der Waals surface area (Å²) in [6.07, 6.45) is 2.76. The van der Waals surface area contributed by atoms with Crippen LogP contribution >= 0.6 is 0 Å². The lowest BCUT2D eigenvalue weighted by molar-refractivity contribution is 0.0834. The van der Waals surface area contributed by atoms with Crippen LogP contribution in [0.5, 0.6) is 0 Å². The van der Waals surface area contributed by atoms with Crippen LogP contribution in [0.4, 0.5) is 8.78 Å². The maximum absolute atomic E-state index is 13.7. The Balaban J connectivity index is 2.38. The molecule has 1 unspecified atom stereocenters. The molecule has 0 heterocycles. The summed E-state index contributed by atoms with van der Waals surface area (Å²) in [4.78, 5) is 12.4. The van der Waals surface area contributed by atoms with Gasteiger partial charge in [-0.1, -0.05) is 20.3 Å². The number of ketones is 1. The molecule has 18 heavy (non-hydrogen) atoms. The first-order valence-electron chi connectivity index (χ1n) is 6.33. The molecule has 1 aliphatic carbocycles. The molecule has 0 aromatic heterocycles. The Morgan fingerprint density at radius 2 is 1.94 bits per heavy atom. The molecule has 1 nitrogen and oxygen atoms in total. The third-order valence-corrected chi connectivity index (χ3v) is 4.09. The Hall–Kier alpha value is -1.25. The first-order chi connectivity index (χ1) is 8.33. The molecule has 1 fully saturated rings. The molecule has 0 radical (unpaired) electrons. The number of hydrogen-bond donors (Lipinski definition) is 0. The fraction of sp³-hybridized carbons (Fsp3) is 0.533. The van der Waals surface area contributed by atoms with Crippen molar-refractivity contribution in [1.29, 1.82) is 0 Å². The number of Topliss-reactive ketones (excluding diaryl/α,β-unsaturated/α-hetero) is 1. The average molecular weight is 252 g/mol. The van der Waals surface area contributed by atoms with Gasteiger partial charge in [-0.3, -0.25) is 4.79 Å². The van der Waals surface area contributed by atoms with E-state index >= 15 is 0 Å². The van der Waals surface area contributed by atoms with E-state index in [4.69, 9.17) is 0 Å². The number of aryl methyl sites for hydroxylation is 1. The molecule has 0 spiro atoms. The summed E-state index contributed by atoms with van der Waals surface area (Å²) in [6, 6.07) is 2.14. The quantitative estimate of drug-likeness (QED) is 0.718. The molecule has 1 aromatic rings. The minimum atomic E-state index is -0.745. The molecular formula is C15H18F2O. The van der Waals surface area contributed by atoms with Gasteiger partial charge >= 0.3 is 0 Å². The van der Waals surface area contributed by atoms with E-state index in [-0.39, 0.29) is 22.7 Å². The molecule has 0 aliphatic heterocycles. The number of carbonyl (C=O) groups excluding carboxylic acids is 1. The van der Waals surface area contributed by atoms with Crippen molar-refractivity contribution < 1.29 is 13.6 Å². The SMILES string of the molecule is Cc1cc(C(=O)C2CCCC2(C)C)c(F)cc1F. The summed E-state index contributed by atoms with van der Waals surface area (Å²) < 4.78 is 26.9. The zero-order valence-corrected chi connectivity index (χ0v) is 11.0. The van der Waals surface area contributed by atoms with Gasteiger partial charge in [0, 0.05) is 12.0 Å². The highest BCUT2D eigenvalue weighted by Gasteiger charge is 2.40. The second-order valence-corrected chi connectivity index (χ2v) is 5.88. The lowest BCUT2D eigenvalue weighted by Gasteiger charge is -2.26. The van der Waals surface area contributed by atoms with Crippen LogP contribution in [0.1, 0.15) is 49.0 Å². The average Bonchev–Trinajstić information content (AvgIpc) is 2.62. The molecule has 0 N–H and O–H groups in total. The zero-order valence-electron chi connectivity index (χ0n) is 11.0. The van der Waals surface area contributed by atoms with Crippen LogP contribution in [0, 0.1) is 29.9 Å². The van der Waals surface area contributed by atoms with Crippen LogP contribution in [-0.4, -0.2) is 5.78 Å². The van der Waals surface area contributed by atoms with Crippen LogP contribution in [0.15, 0.2) is 12.1 Å². The van der Waals surface area contributed by atoms with Gasteiger partial charge in [0.25, 0.3) is 0 Å². The number of carbonyl (C=O) groups is 1. The fourth-order valence-electron chi connectivity index (χ4n) is 2.85. The van der Waals surface area contributed by atoms with Crippen molar-refractivity contribution >= 4 is 5.78 Å². The van der Waals surface area contributed by atoms with E-state index in [1.54, 1.807) is 6.92 Å². The van der Waals surface area contributed by atoms with E-state index in [1.807, 2.05) is 13.8 Å². The Labute approximate surface area is 106 Å². The van der Waals surface area contributed by atoms with Crippen molar-refractivity contribution in [3.8, 4) is 0 Å². The summed E-state index contributed by atoms with van der Waals surface area (Å²) in [5.41, 5.74) is 0.260. The first-order valence-corrected chi connectivity index (χ1v) is 6.33. The van der Waals surface area contributed by atoms with Crippen LogP contribution < -0.4 is 0 Å². The number of hydrogen-bond acceptors (Lipinski definition) is 1. The van der Waals surface area contributed by atoms with Gasteiger partial charge in [-0.05, 0) is 36.8 Å². The Morgan fingerprint density at radius 1 is 1.28 bits per heavy atom. The van der Waals surface area contributed by atoms with E-state index in [0.717, 1.165) is 25.3 Å². The van der Waals surface area contributed by atoms with Gasteiger partial charge in [0.05, 0.1) is 5.56 Å². The van der Waals surface area contributed by atoms with Crippen molar-refractivity contribution in [2.24, 2.45) is 11.3 Å². The normalized spacial score (nSPS) is 22.2. The van der Waals surface area contributed by atoms with E-state index in [9.17, 15) is 13.6 Å². The van der Waals surface area contributed by atoms with Gasteiger partial charge in [0.2, 0.25) is 0 Å². The Bertz CT molecular complexity index is 492. The van der Waals surface area contributed by atoms with E-state index in [1.165, 1.54) is 6.07 Å². The second kappa shape index (κ2) is 4.45. The maximum Gasteiger partial charge on any atom is 0.169 e. The third kappa shape index (κ3) is 2.18. The number of benzene rings is 1. The van der Waals surface area contributed by atoms with Gasteiger partial charge in [-0.25, -0.2) is 8.78 Å². The van der Waals surface area contributed by atoms with Crippen LogP contribution in [0.3, 0.4) is 0 Å². The van der Waals surface area contributed by atoms with Gasteiger partial charge < -0.3 is 0 Å². The van der Waals surface area contributed by atoms with Gasteiger partial charge in [0.15, 0.2) is 5.78 Å². The van der Waals surface area contributed by atoms with Crippen molar-refractivity contribution in [2.45, 2.75) is 40.0 Å². The van der Waals surface area contributed by atoms with Gasteiger partial charge in [-0.2, -0.15) is 0 Å². The lowest BCUT2D eigenvalue weighted by atomic mass is 9.77. The Morgan fingerprint density at radius 3 is 2.50 bits per heavy atom. The van der Waals surface area contributed by atoms with Crippen molar-refractivity contribution in [2.75, 3.05) is 0 Å². The summed E-state index contributed by atoms with van der Waals surface area (Å²) in [5.74, 6) is -1.68. The molecule has 0 amide bonds. The smallest absolute Gasteiger partial charge is 0.169 e. The topological polar surface area (TPSA) is 17.1 Å². The van der Waals surface area contributed by atoms with Gasteiger partial charge in [-0.15, -0.1) is 0 Å². The van der Waals surface area contributed by atoms with E-state index in [2.05, 4.69) is 0 Å². The fourth-order valence-corrected chi connectivity index (χ4v) is 2.85. The van der Waals surface area contributed by atoms with Gasteiger partial charge in [0.1, 0.15) is 11.6 Å². The molecule has 1 atom stereocenters. The molecule has 1 saturated carbocycles. The van der Waals surface area contributed by atoms with Crippen molar-refractivity contribution in [3.63, 3.8) is 0 Å². The molecule has 3 heteroatoms. The molecule has 2 rings (SSSR count). The van der Waals surface area contributed by atoms with E-state index in [0.29, 0.717) is 5.56 Å². The molecule has 0 bridgehead atoms. The monoisotopic (exact) mass is 252 g/mol. The molecular weight excluding hydrogens is 234 g/mol. The first kappa shape index (κ1) is 13.2. The molecule has 98 valence electrons. The van der Waals surface area contributed by atoms with E-state index < -0.39 is 11.6 Å². The summed E-state index contributed by atoms with van der Waals surface area (Å²) in [5, 5.41) is 0. The van der Waals surface area contributed by atoms with Crippen molar-refractivity contribution in [3.05, 3.63) is 34.9 Å². The summed E-state index contributed by atoms with van der Waals surface area (Å²) in [6.45, 7) is 5.62. The minimum absolute atomic E-state index is 0.0360. The molecule has 1 aromatic carbocycles. The highest BCUT2D eigenvalue weighted by molar-refractivity contribution is 5.98. The highest BCUT2D eigenvalue weighted by Crippen LogP contribution is 2.44. The second-order valence-electron chi connectivity index (χ2n) is 5.88. The van der Waals surface area contributed by atoms with Crippen LogP contribution in [0.2, 0.25) is 0 Å². The minimum Gasteiger partial charge on any atom is -0.294 e. The number of halogens is 2. The van der Waals surface area contributed by atoms with Crippen LogP contribution in [-0.2, 0) is 0 Å². The summed E-state index contributed by atoms with van der Waals surface area (Å²) in [7, 11) is 0. The molecule has 0 saturated heterocycles.